The van der Waals surface area contributed by atoms with Crippen molar-refractivity contribution in [1.82, 2.24) is 0 Å². The third kappa shape index (κ3) is 3.43. The van der Waals surface area contributed by atoms with E-state index in [1.165, 1.54) is 30.3 Å². The molecular weight excluding hydrogens is 286 g/mol. The predicted molar refractivity (Wildman–Crippen MR) is 76.2 cm³/mol. The third-order valence-electron chi connectivity index (χ3n) is 2.52. The average molecular weight is 295 g/mol. The summed E-state index contributed by atoms with van der Waals surface area (Å²) < 4.78 is 12.7. The molecule has 0 atom stereocenters. The van der Waals surface area contributed by atoms with Gasteiger partial charge in [0.05, 0.1) is 10.0 Å². The van der Waals surface area contributed by atoms with Gasteiger partial charge in [-0.05, 0) is 48.0 Å². The van der Waals surface area contributed by atoms with Crippen LogP contribution < -0.4 is 0 Å². The van der Waals surface area contributed by atoms with E-state index in [4.69, 9.17) is 23.2 Å². The Hall–Kier alpha value is -1.64. The van der Waals surface area contributed by atoms with Crippen molar-refractivity contribution in [2.45, 2.75) is 0 Å². The quantitative estimate of drug-likeness (QED) is 0.573. The number of hydrogen-bond donors (Lipinski definition) is 0. The zero-order valence-electron chi connectivity index (χ0n) is 9.74. The van der Waals surface area contributed by atoms with Gasteiger partial charge >= 0.3 is 0 Å². The molecule has 96 valence electrons. The smallest absolute Gasteiger partial charge is 0.185 e. The van der Waals surface area contributed by atoms with Crippen LogP contribution in [0.15, 0.2) is 48.5 Å². The molecule has 0 fully saturated rings. The van der Waals surface area contributed by atoms with Crippen LogP contribution in [0.25, 0.3) is 6.08 Å². The summed E-state index contributed by atoms with van der Waals surface area (Å²) in [7, 11) is 0. The molecule has 2 aromatic rings. The summed E-state index contributed by atoms with van der Waals surface area (Å²) in [6, 6.07) is 10.5. The van der Waals surface area contributed by atoms with Gasteiger partial charge in [-0.2, -0.15) is 0 Å². The Morgan fingerprint density at radius 3 is 2.42 bits per heavy atom. The fourth-order valence-corrected chi connectivity index (χ4v) is 1.90. The summed E-state index contributed by atoms with van der Waals surface area (Å²) >= 11 is 11.9. The highest BCUT2D eigenvalue weighted by Crippen LogP contribution is 2.26. The van der Waals surface area contributed by atoms with Crippen molar-refractivity contribution in [2.75, 3.05) is 0 Å². The molecule has 0 N–H and O–H groups in total. The van der Waals surface area contributed by atoms with Gasteiger partial charge in [-0.15, -0.1) is 0 Å². The standard InChI is InChI=1S/C15H9Cl2FO/c16-13-3-1-2-11(15(13)17)6-9-14(19)10-4-7-12(18)8-5-10/h1-9H/b9-6+. The minimum absolute atomic E-state index is 0.226. The highest BCUT2D eigenvalue weighted by atomic mass is 35.5. The van der Waals surface area contributed by atoms with Crippen LogP contribution in [0.1, 0.15) is 15.9 Å². The van der Waals surface area contributed by atoms with Crippen LogP contribution in [0.3, 0.4) is 0 Å². The Labute approximate surface area is 120 Å². The van der Waals surface area contributed by atoms with E-state index in [1.54, 1.807) is 24.3 Å². The van der Waals surface area contributed by atoms with Gasteiger partial charge in [-0.3, -0.25) is 4.79 Å². The summed E-state index contributed by atoms with van der Waals surface area (Å²) in [5.74, 6) is -0.602. The second-order valence-corrected chi connectivity index (χ2v) is 4.63. The Morgan fingerprint density at radius 2 is 1.74 bits per heavy atom. The van der Waals surface area contributed by atoms with E-state index in [-0.39, 0.29) is 11.6 Å². The van der Waals surface area contributed by atoms with E-state index in [2.05, 4.69) is 0 Å². The van der Waals surface area contributed by atoms with E-state index in [1.807, 2.05) is 0 Å². The van der Waals surface area contributed by atoms with Gasteiger partial charge in [-0.25, -0.2) is 4.39 Å². The van der Waals surface area contributed by atoms with Crippen molar-refractivity contribution < 1.29 is 9.18 Å². The SMILES string of the molecule is O=C(/C=C/c1cccc(Cl)c1Cl)c1ccc(F)cc1. The number of allylic oxidation sites excluding steroid dienone is 1. The maximum absolute atomic E-state index is 12.7. The van der Waals surface area contributed by atoms with Gasteiger partial charge in [-0.1, -0.05) is 35.3 Å². The Morgan fingerprint density at radius 1 is 1.05 bits per heavy atom. The Balaban J connectivity index is 2.21. The molecule has 0 aliphatic heterocycles. The van der Waals surface area contributed by atoms with E-state index in [9.17, 15) is 9.18 Å². The monoisotopic (exact) mass is 294 g/mol. The number of benzene rings is 2. The fraction of sp³-hybridized carbons (Fsp3) is 0. The summed E-state index contributed by atoms with van der Waals surface area (Å²) in [6.07, 6.45) is 2.96. The highest BCUT2D eigenvalue weighted by molar-refractivity contribution is 6.42. The van der Waals surface area contributed by atoms with Gasteiger partial charge in [0.15, 0.2) is 5.78 Å². The summed E-state index contributed by atoms with van der Waals surface area (Å²) in [5.41, 5.74) is 1.07. The first-order valence-corrected chi connectivity index (χ1v) is 6.25. The molecule has 0 saturated heterocycles. The zero-order valence-corrected chi connectivity index (χ0v) is 11.3. The normalized spacial score (nSPS) is 10.9. The molecule has 0 bridgehead atoms. The first-order chi connectivity index (χ1) is 9.08. The molecule has 0 aliphatic rings. The van der Waals surface area contributed by atoms with Crippen LogP contribution in [0, 0.1) is 5.82 Å². The first kappa shape index (κ1) is 13.8. The van der Waals surface area contributed by atoms with Crippen molar-refractivity contribution in [3.63, 3.8) is 0 Å². The summed E-state index contributed by atoms with van der Waals surface area (Å²) in [4.78, 5) is 11.8. The average Bonchev–Trinajstić information content (AvgIpc) is 2.41. The third-order valence-corrected chi connectivity index (χ3v) is 3.36. The van der Waals surface area contributed by atoms with E-state index < -0.39 is 0 Å². The number of rotatable bonds is 3. The van der Waals surface area contributed by atoms with Gasteiger partial charge in [0.2, 0.25) is 0 Å². The molecule has 19 heavy (non-hydrogen) atoms. The molecule has 0 aliphatic carbocycles. The maximum Gasteiger partial charge on any atom is 0.185 e. The first-order valence-electron chi connectivity index (χ1n) is 5.50. The Kier molecular flexibility index (Phi) is 4.35. The molecular formula is C15H9Cl2FO. The molecule has 0 unspecified atom stereocenters. The van der Waals surface area contributed by atoms with Gasteiger partial charge in [0.25, 0.3) is 0 Å². The highest BCUT2D eigenvalue weighted by Gasteiger charge is 2.04. The molecule has 0 aromatic heterocycles. The van der Waals surface area contributed by atoms with E-state index in [0.29, 0.717) is 21.2 Å². The number of carbonyl (C=O) groups is 1. The van der Waals surface area contributed by atoms with Crippen molar-refractivity contribution in [1.29, 1.82) is 0 Å². The minimum Gasteiger partial charge on any atom is -0.289 e. The lowest BCUT2D eigenvalue weighted by molar-refractivity contribution is 0.104. The zero-order chi connectivity index (χ0) is 13.8. The minimum atomic E-state index is -0.376. The largest absolute Gasteiger partial charge is 0.289 e. The van der Waals surface area contributed by atoms with Crippen LogP contribution in [-0.2, 0) is 0 Å². The van der Waals surface area contributed by atoms with E-state index in [0.717, 1.165) is 0 Å². The van der Waals surface area contributed by atoms with Crippen molar-refractivity contribution in [2.24, 2.45) is 0 Å². The topological polar surface area (TPSA) is 17.1 Å². The molecule has 4 heteroatoms. The lowest BCUT2D eigenvalue weighted by atomic mass is 10.1. The molecule has 2 rings (SSSR count). The van der Waals surface area contributed by atoms with Crippen molar-refractivity contribution >= 4 is 35.1 Å². The molecule has 2 aromatic carbocycles. The van der Waals surface area contributed by atoms with Crippen LogP contribution in [0.4, 0.5) is 4.39 Å². The van der Waals surface area contributed by atoms with Crippen molar-refractivity contribution in [3.8, 4) is 0 Å². The van der Waals surface area contributed by atoms with Crippen LogP contribution in [0.5, 0.6) is 0 Å². The fourth-order valence-electron chi connectivity index (χ4n) is 1.53. The lowest BCUT2D eigenvalue weighted by Crippen LogP contribution is -1.93. The predicted octanol–water partition coefficient (Wildman–Crippen LogP) is 5.03. The maximum atomic E-state index is 12.7. The molecule has 0 spiro atoms. The van der Waals surface area contributed by atoms with Gasteiger partial charge in [0.1, 0.15) is 5.82 Å². The molecule has 1 nitrogen and oxygen atoms in total. The van der Waals surface area contributed by atoms with Crippen LogP contribution in [-0.4, -0.2) is 5.78 Å². The van der Waals surface area contributed by atoms with Gasteiger partial charge in [0, 0.05) is 5.56 Å². The summed E-state index contributed by atoms with van der Waals surface area (Å²) in [5, 5.41) is 0.824. The second-order valence-electron chi connectivity index (χ2n) is 3.85. The molecule has 0 saturated carbocycles. The second kappa shape index (κ2) is 6.00. The molecule has 0 radical (unpaired) electrons. The lowest BCUT2D eigenvalue weighted by Gasteiger charge is -2.00. The number of carbonyl (C=O) groups excluding carboxylic acids is 1. The van der Waals surface area contributed by atoms with E-state index >= 15 is 0 Å². The van der Waals surface area contributed by atoms with Crippen molar-refractivity contribution in [3.05, 3.63) is 75.5 Å². The number of halogens is 3. The molecule has 0 heterocycles. The number of hydrogen-bond acceptors (Lipinski definition) is 1. The Bertz CT molecular complexity index is 633. The van der Waals surface area contributed by atoms with Gasteiger partial charge < -0.3 is 0 Å². The molecule has 0 amide bonds. The van der Waals surface area contributed by atoms with Crippen LogP contribution in [0.2, 0.25) is 10.0 Å². The van der Waals surface area contributed by atoms with Crippen LogP contribution >= 0.6 is 23.2 Å². The summed E-state index contributed by atoms with van der Waals surface area (Å²) in [6.45, 7) is 0. The number of ketones is 1.